The van der Waals surface area contributed by atoms with Gasteiger partial charge < -0.3 is 10.1 Å². The van der Waals surface area contributed by atoms with Crippen molar-refractivity contribution in [3.05, 3.63) is 0 Å². The van der Waals surface area contributed by atoms with Crippen LogP contribution in [0.5, 0.6) is 0 Å². The summed E-state index contributed by atoms with van der Waals surface area (Å²) < 4.78 is 43.9. The van der Waals surface area contributed by atoms with Crippen LogP contribution in [0, 0.1) is 5.92 Å². The maximum Gasteiger partial charge on any atom is 0.391 e. The predicted octanol–water partition coefficient (Wildman–Crippen LogP) is 3.66. The van der Waals surface area contributed by atoms with E-state index < -0.39 is 12.1 Å². The molecule has 2 aliphatic rings. The molecule has 1 saturated carbocycles. The van der Waals surface area contributed by atoms with E-state index in [1.165, 1.54) is 0 Å². The molecule has 1 N–H and O–H groups in total. The fourth-order valence-electron chi connectivity index (χ4n) is 3.37. The van der Waals surface area contributed by atoms with Crippen LogP contribution < -0.4 is 5.32 Å². The Balaban J connectivity index is 1.87. The molecule has 5 heteroatoms. The minimum atomic E-state index is -4.03. The van der Waals surface area contributed by atoms with E-state index in [9.17, 15) is 13.2 Å². The molecule has 0 aromatic rings. The molecule has 1 unspecified atom stereocenters. The molecule has 112 valence electrons. The Kier molecular flexibility index (Phi) is 4.77. The zero-order valence-corrected chi connectivity index (χ0v) is 11.6. The van der Waals surface area contributed by atoms with E-state index in [0.717, 1.165) is 25.8 Å². The highest BCUT2D eigenvalue weighted by Crippen LogP contribution is 2.45. The second kappa shape index (κ2) is 6.00. The van der Waals surface area contributed by atoms with E-state index in [2.05, 4.69) is 12.2 Å². The van der Waals surface area contributed by atoms with Crippen LogP contribution in [-0.2, 0) is 4.74 Å². The molecular formula is C14H24F3NO. The zero-order valence-electron chi connectivity index (χ0n) is 11.6. The van der Waals surface area contributed by atoms with Crippen molar-refractivity contribution in [2.24, 2.45) is 5.92 Å². The Morgan fingerprint density at radius 1 is 1.21 bits per heavy atom. The van der Waals surface area contributed by atoms with Crippen molar-refractivity contribution in [2.75, 3.05) is 13.2 Å². The number of hydrogen-bond acceptors (Lipinski definition) is 2. The molecule has 19 heavy (non-hydrogen) atoms. The normalized spacial score (nSPS) is 36.6. The third kappa shape index (κ3) is 3.85. The van der Waals surface area contributed by atoms with Gasteiger partial charge in [0.15, 0.2) is 0 Å². The Bertz CT molecular complexity index is 285. The van der Waals surface area contributed by atoms with Crippen molar-refractivity contribution in [3.8, 4) is 0 Å². The van der Waals surface area contributed by atoms with Gasteiger partial charge in [0.05, 0.1) is 11.5 Å². The van der Waals surface area contributed by atoms with Crippen molar-refractivity contribution in [1.82, 2.24) is 5.32 Å². The van der Waals surface area contributed by atoms with Crippen molar-refractivity contribution in [3.63, 3.8) is 0 Å². The van der Waals surface area contributed by atoms with E-state index in [0.29, 0.717) is 25.5 Å². The van der Waals surface area contributed by atoms with E-state index >= 15 is 0 Å². The van der Waals surface area contributed by atoms with Crippen LogP contribution in [0.2, 0.25) is 0 Å². The fraction of sp³-hybridized carbons (Fsp3) is 1.00. The summed E-state index contributed by atoms with van der Waals surface area (Å²) >= 11 is 0. The second-order valence-electron chi connectivity index (χ2n) is 5.99. The largest absolute Gasteiger partial charge is 0.391 e. The van der Waals surface area contributed by atoms with Crippen molar-refractivity contribution >= 4 is 0 Å². The first-order valence-corrected chi connectivity index (χ1v) is 7.39. The van der Waals surface area contributed by atoms with Crippen LogP contribution in [0.1, 0.15) is 51.9 Å². The Morgan fingerprint density at radius 2 is 1.89 bits per heavy atom. The van der Waals surface area contributed by atoms with Crippen LogP contribution in [0.3, 0.4) is 0 Å². The van der Waals surface area contributed by atoms with Gasteiger partial charge in [-0.25, -0.2) is 0 Å². The van der Waals surface area contributed by atoms with Gasteiger partial charge in [-0.3, -0.25) is 0 Å². The van der Waals surface area contributed by atoms with Crippen LogP contribution in [0.4, 0.5) is 13.2 Å². The average molecular weight is 279 g/mol. The van der Waals surface area contributed by atoms with Crippen molar-refractivity contribution in [2.45, 2.75) is 69.7 Å². The molecule has 0 aromatic heterocycles. The standard InChI is InChI=1S/C14H24F3NO/c1-2-8-18-12-5-9-19-13(10-12)6-3-11(4-7-13)14(15,16)17/h11-12,18H,2-10H2,1H3. The van der Waals surface area contributed by atoms with Gasteiger partial charge in [-0.05, 0) is 51.5 Å². The van der Waals surface area contributed by atoms with Gasteiger partial charge >= 0.3 is 6.18 Å². The number of alkyl halides is 3. The summed E-state index contributed by atoms with van der Waals surface area (Å²) in [5.74, 6) is -1.12. The highest BCUT2D eigenvalue weighted by molar-refractivity contribution is 4.94. The Hall–Kier alpha value is -0.290. The quantitative estimate of drug-likeness (QED) is 0.851. The van der Waals surface area contributed by atoms with Gasteiger partial charge in [-0.2, -0.15) is 13.2 Å². The van der Waals surface area contributed by atoms with Gasteiger partial charge in [-0.1, -0.05) is 6.92 Å². The minimum absolute atomic E-state index is 0.226. The number of halogens is 3. The minimum Gasteiger partial charge on any atom is -0.375 e. The molecule has 1 atom stereocenters. The van der Waals surface area contributed by atoms with Crippen molar-refractivity contribution < 1.29 is 17.9 Å². The molecule has 2 fully saturated rings. The molecule has 0 amide bonds. The van der Waals surface area contributed by atoms with Crippen molar-refractivity contribution in [1.29, 1.82) is 0 Å². The summed E-state index contributed by atoms with van der Waals surface area (Å²) in [5.41, 5.74) is -0.286. The average Bonchev–Trinajstić information content (AvgIpc) is 2.36. The van der Waals surface area contributed by atoms with Gasteiger partial charge in [0.25, 0.3) is 0 Å². The maximum atomic E-state index is 12.7. The molecule has 1 heterocycles. The third-order valence-corrected chi connectivity index (χ3v) is 4.54. The van der Waals surface area contributed by atoms with Crippen LogP contribution >= 0.6 is 0 Å². The van der Waals surface area contributed by atoms with Crippen LogP contribution in [0.15, 0.2) is 0 Å². The lowest BCUT2D eigenvalue weighted by molar-refractivity contribution is -0.201. The summed E-state index contributed by atoms with van der Waals surface area (Å²) in [7, 11) is 0. The van der Waals surface area contributed by atoms with Crippen LogP contribution in [0.25, 0.3) is 0 Å². The van der Waals surface area contributed by atoms with Gasteiger partial charge in [-0.15, -0.1) is 0 Å². The summed E-state index contributed by atoms with van der Waals surface area (Å²) in [4.78, 5) is 0. The topological polar surface area (TPSA) is 21.3 Å². The van der Waals surface area contributed by atoms with E-state index in [1.807, 2.05) is 0 Å². The van der Waals surface area contributed by atoms with E-state index in [-0.39, 0.29) is 18.4 Å². The first kappa shape index (κ1) is 15.1. The number of rotatable bonds is 3. The maximum absolute atomic E-state index is 12.7. The molecule has 1 spiro atoms. The first-order valence-electron chi connectivity index (χ1n) is 7.39. The number of ether oxygens (including phenoxy) is 1. The molecule has 0 bridgehead atoms. The van der Waals surface area contributed by atoms with Gasteiger partial charge in [0, 0.05) is 12.6 Å². The third-order valence-electron chi connectivity index (χ3n) is 4.54. The summed E-state index contributed by atoms with van der Waals surface area (Å²) in [6, 6.07) is 0.413. The molecular weight excluding hydrogens is 255 g/mol. The van der Waals surface area contributed by atoms with E-state index in [4.69, 9.17) is 4.74 Å². The molecule has 0 aromatic carbocycles. The SMILES string of the molecule is CCCNC1CCOC2(CCC(C(F)(F)F)CC2)C1. The Labute approximate surface area is 113 Å². The molecule has 1 aliphatic carbocycles. The molecule has 1 aliphatic heterocycles. The highest BCUT2D eigenvalue weighted by Gasteiger charge is 2.47. The lowest BCUT2D eigenvalue weighted by Gasteiger charge is -2.45. The van der Waals surface area contributed by atoms with Gasteiger partial charge in [0.2, 0.25) is 0 Å². The smallest absolute Gasteiger partial charge is 0.375 e. The summed E-state index contributed by atoms with van der Waals surface area (Å²) in [6.45, 7) is 3.78. The molecule has 2 nitrogen and oxygen atoms in total. The van der Waals surface area contributed by atoms with Gasteiger partial charge in [0.1, 0.15) is 0 Å². The zero-order chi connectivity index (χ0) is 13.9. The van der Waals surface area contributed by atoms with E-state index in [1.54, 1.807) is 0 Å². The molecule has 0 radical (unpaired) electrons. The number of hydrogen-bond donors (Lipinski definition) is 1. The summed E-state index contributed by atoms with van der Waals surface area (Å²) in [6.07, 6.45) is 0.468. The monoisotopic (exact) mass is 279 g/mol. The number of nitrogens with one attached hydrogen (secondary N) is 1. The first-order chi connectivity index (χ1) is 8.95. The molecule has 1 saturated heterocycles. The molecule has 2 rings (SSSR count). The lowest BCUT2D eigenvalue weighted by Crippen LogP contribution is -2.49. The summed E-state index contributed by atoms with van der Waals surface area (Å²) in [5, 5.41) is 3.48. The van der Waals surface area contributed by atoms with Crippen LogP contribution in [-0.4, -0.2) is 31.0 Å². The second-order valence-corrected chi connectivity index (χ2v) is 5.99. The fourth-order valence-corrected chi connectivity index (χ4v) is 3.37. The Morgan fingerprint density at radius 3 is 2.47 bits per heavy atom. The lowest BCUT2D eigenvalue weighted by atomic mass is 9.74. The highest BCUT2D eigenvalue weighted by atomic mass is 19.4. The predicted molar refractivity (Wildman–Crippen MR) is 68.0 cm³/mol.